The van der Waals surface area contributed by atoms with E-state index in [2.05, 4.69) is 55.4 Å². The zero-order valence-electron chi connectivity index (χ0n) is 18.4. The maximum Gasteiger partial charge on any atom is -0.0383 e. The Hall–Kier alpha value is 0. The molecule has 4 atom stereocenters. The van der Waals surface area contributed by atoms with Gasteiger partial charge in [0.25, 0.3) is 0 Å². The molecule has 23 heavy (non-hydrogen) atoms. The lowest BCUT2D eigenvalue weighted by Crippen LogP contribution is -2.15. The van der Waals surface area contributed by atoms with Crippen LogP contribution in [0.4, 0.5) is 0 Å². The molecule has 0 amide bonds. The number of hydrogen-bond acceptors (Lipinski definition) is 0. The fourth-order valence-corrected chi connectivity index (χ4v) is 3.85. The molecule has 0 nitrogen and oxygen atoms in total. The smallest absolute Gasteiger partial charge is 0.0383 e. The van der Waals surface area contributed by atoms with Gasteiger partial charge >= 0.3 is 0 Å². The maximum absolute atomic E-state index is 2.45. The highest BCUT2D eigenvalue weighted by Gasteiger charge is 2.31. The van der Waals surface area contributed by atoms with Crippen LogP contribution in [0.2, 0.25) is 0 Å². The molecule has 0 aromatic carbocycles. The maximum atomic E-state index is 2.45. The van der Waals surface area contributed by atoms with Gasteiger partial charge in [-0.05, 0) is 61.2 Å². The molecule has 0 spiro atoms. The molecule has 1 saturated carbocycles. The topological polar surface area (TPSA) is 0 Å². The van der Waals surface area contributed by atoms with Crippen molar-refractivity contribution >= 4 is 0 Å². The zero-order chi connectivity index (χ0) is 18.4. The van der Waals surface area contributed by atoms with Crippen LogP contribution in [0.5, 0.6) is 0 Å². The van der Waals surface area contributed by atoms with Crippen molar-refractivity contribution in [2.75, 3.05) is 0 Å². The van der Waals surface area contributed by atoms with Gasteiger partial charge in [0.1, 0.15) is 0 Å². The van der Waals surface area contributed by atoms with Crippen LogP contribution in [0.25, 0.3) is 0 Å². The molecule has 1 aliphatic rings. The van der Waals surface area contributed by atoms with Gasteiger partial charge in [0, 0.05) is 0 Å². The Labute approximate surface area is 150 Å². The Morgan fingerprint density at radius 1 is 0.870 bits per heavy atom. The summed E-state index contributed by atoms with van der Waals surface area (Å²) >= 11 is 0. The average Bonchev–Trinajstić information content (AvgIpc) is 2.95. The highest BCUT2D eigenvalue weighted by Crippen LogP contribution is 2.42. The summed E-state index contributed by atoms with van der Waals surface area (Å²) in [6, 6.07) is 0. The predicted molar refractivity (Wildman–Crippen MR) is 110 cm³/mol. The first-order chi connectivity index (χ1) is 10.8. The number of rotatable bonds is 7. The third-order valence-electron chi connectivity index (χ3n) is 5.39. The number of hydrogen-bond donors (Lipinski definition) is 0. The molecule has 1 fully saturated rings. The van der Waals surface area contributed by atoms with E-state index in [-0.39, 0.29) is 0 Å². The zero-order valence-corrected chi connectivity index (χ0v) is 18.4. The Balaban J connectivity index is 0. The molecule has 0 aliphatic heterocycles. The van der Waals surface area contributed by atoms with Gasteiger partial charge in [0.05, 0.1) is 0 Å². The summed E-state index contributed by atoms with van der Waals surface area (Å²) in [5.74, 6) is 5.74. The molecule has 0 N–H and O–H groups in total. The molecule has 1 aliphatic carbocycles. The van der Waals surface area contributed by atoms with Crippen molar-refractivity contribution in [3.63, 3.8) is 0 Å². The molecule has 142 valence electrons. The van der Waals surface area contributed by atoms with Crippen LogP contribution in [0.1, 0.15) is 114 Å². The van der Waals surface area contributed by atoms with Gasteiger partial charge in [0.15, 0.2) is 0 Å². The summed E-state index contributed by atoms with van der Waals surface area (Å²) in [4.78, 5) is 0. The lowest BCUT2D eigenvalue weighted by atomic mass is 9.81. The fraction of sp³-hybridized carbons (Fsp3) is 1.00. The monoisotopic (exact) mass is 326 g/mol. The first-order valence-electron chi connectivity index (χ1n) is 10.8. The van der Waals surface area contributed by atoms with E-state index < -0.39 is 0 Å². The van der Waals surface area contributed by atoms with Gasteiger partial charge in [-0.25, -0.2) is 0 Å². The van der Waals surface area contributed by atoms with Crippen LogP contribution in [0.3, 0.4) is 0 Å². The molecule has 0 heterocycles. The molecule has 0 heteroatoms. The average molecular weight is 327 g/mol. The highest BCUT2D eigenvalue weighted by molar-refractivity contribution is 4.82. The molecular formula is C23H50. The van der Waals surface area contributed by atoms with Crippen molar-refractivity contribution in [3.05, 3.63) is 0 Å². The standard InChI is InChI=1S/C18H36.C3H8.C2H6/c1-7-17(10-13(2)3)18-9-8-16(12-18)11-15(6)14(4)5;1-3-2;1-2/h13-18H,7-12H2,1-6H3;3H2,1-2H3;1-2H3. The largest absolute Gasteiger partial charge is 0.0683 e. The summed E-state index contributed by atoms with van der Waals surface area (Å²) in [5.41, 5.74) is 0. The quantitative estimate of drug-likeness (QED) is 0.439. The van der Waals surface area contributed by atoms with E-state index in [9.17, 15) is 0 Å². The second-order valence-corrected chi connectivity index (χ2v) is 8.40. The molecule has 0 saturated heterocycles. The molecule has 0 aromatic rings. The van der Waals surface area contributed by atoms with Crippen molar-refractivity contribution in [2.24, 2.45) is 35.5 Å². The predicted octanol–water partition coefficient (Wildman–Crippen LogP) is 8.60. The summed E-state index contributed by atoms with van der Waals surface area (Å²) in [7, 11) is 0. The Kier molecular flexibility index (Phi) is 17.0. The Morgan fingerprint density at radius 2 is 1.39 bits per heavy atom. The van der Waals surface area contributed by atoms with Crippen LogP contribution in [0, 0.1) is 35.5 Å². The Bertz CT molecular complexity index is 228. The minimum Gasteiger partial charge on any atom is -0.0683 e. The van der Waals surface area contributed by atoms with E-state index >= 15 is 0 Å². The third kappa shape index (κ3) is 12.1. The lowest BCUT2D eigenvalue weighted by molar-refractivity contribution is 0.257. The first kappa shape index (κ1) is 25.2. The highest BCUT2D eigenvalue weighted by atomic mass is 14.4. The third-order valence-corrected chi connectivity index (χ3v) is 5.39. The van der Waals surface area contributed by atoms with Crippen LogP contribution >= 0.6 is 0 Å². The second-order valence-electron chi connectivity index (χ2n) is 8.40. The van der Waals surface area contributed by atoms with Crippen molar-refractivity contribution < 1.29 is 0 Å². The normalized spacial score (nSPS) is 23.0. The van der Waals surface area contributed by atoms with Crippen LogP contribution in [-0.2, 0) is 0 Å². The Morgan fingerprint density at radius 3 is 1.78 bits per heavy atom. The van der Waals surface area contributed by atoms with Crippen molar-refractivity contribution in [1.29, 1.82) is 0 Å². The lowest BCUT2D eigenvalue weighted by Gasteiger charge is -2.25. The van der Waals surface area contributed by atoms with E-state index in [0.29, 0.717) is 0 Å². The molecular weight excluding hydrogens is 276 g/mol. The fourth-order valence-electron chi connectivity index (χ4n) is 3.85. The first-order valence-corrected chi connectivity index (χ1v) is 10.8. The van der Waals surface area contributed by atoms with Gasteiger partial charge in [-0.2, -0.15) is 0 Å². The van der Waals surface area contributed by atoms with Crippen molar-refractivity contribution in [1.82, 2.24) is 0 Å². The van der Waals surface area contributed by atoms with Gasteiger partial charge in [-0.3, -0.25) is 0 Å². The molecule has 0 bridgehead atoms. The van der Waals surface area contributed by atoms with E-state index in [1.807, 2.05) is 13.8 Å². The summed E-state index contributed by atoms with van der Waals surface area (Å²) in [6.45, 7) is 22.6. The van der Waals surface area contributed by atoms with Crippen molar-refractivity contribution in [2.45, 2.75) is 114 Å². The van der Waals surface area contributed by atoms with Gasteiger partial charge < -0.3 is 0 Å². The van der Waals surface area contributed by atoms with Gasteiger partial charge in [0.2, 0.25) is 0 Å². The van der Waals surface area contributed by atoms with Crippen molar-refractivity contribution in [3.8, 4) is 0 Å². The van der Waals surface area contributed by atoms with E-state index in [4.69, 9.17) is 0 Å². The van der Waals surface area contributed by atoms with E-state index in [1.54, 1.807) is 0 Å². The molecule has 1 rings (SSSR count). The second kappa shape index (κ2) is 15.5. The summed E-state index contributed by atoms with van der Waals surface area (Å²) in [5, 5.41) is 0. The van der Waals surface area contributed by atoms with Crippen LogP contribution in [0.15, 0.2) is 0 Å². The molecule has 0 radical (unpaired) electrons. The van der Waals surface area contributed by atoms with E-state index in [1.165, 1.54) is 44.9 Å². The SMILES string of the molecule is CC.CCC.CCC(CC(C)C)C1CCC(CC(C)C(C)C)C1. The minimum absolute atomic E-state index is 0.863. The van der Waals surface area contributed by atoms with Crippen LogP contribution < -0.4 is 0 Å². The molecule has 4 unspecified atom stereocenters. The van der Waals surface area contributed by atoms with Crippen LogP contribution in [-0.4, -0.2) is 0 Å². The van der Waals surface area contributed by atoms with E-state index in [0.717, 1.165) is 35.5 Å². The molecule has 0 aromatic heterocycles. The minimum atomic E-state index is 0.863. The summed E-state index contributed by atoms with van der Waals surface area (Å²) in [6.07, 6.45) is 10.1. The van der Waals surface area contributed by atoms with Gasteiger partial charge in [-0.15, -0.1) is 0 Å². The van der Waals surface area contributed by atoms with Gasteiger partial charge in [-0.1, -0.05) is 88.5 Å². The summed E-state index contributed by atoms with van der Waals surface area (Å²) < 4.78 is 0.